The van der Waals surface area contributed by atoms with E-state index >= 15 is 0 Å². The Morgan fingerprint density at radius 1 is 1.21 bits per heavy atom. The molecule has 146 valence electrons. The van der Waals surface area contributed by atoms with Gasteiger partial charge >= 0.3 is 5.69 Å². The van der Waals surface area contributed by atoms with E-state index in [9.17, 15) is 14.0 Å². The van der Waals surface area contributed by atoms with Crippen LogP contribution in [0, 0.1) is 19.7 Å². The predicted octanol–water partition coefficient (Wildman–Crippen LogP) is 2.01. The standard InChI is InChI=1S/C19H21FN6O2/c1-12-5-6-14(10-15(12)20)22-18-21-13(2)9-16-23-25(19(28)26(16)18)11-17(27)24-7-3-4-8-24/h5-6,9-10H,3-4,7-8,11H2,1-2H3,(H,21,22). The Morgan fingerprint density at radius 2 is 1.96 bits per heavy atom. The average molecular weight is 384 g/mol. The van der Waals surface area contributed by atoms with Gasteiger partial charge in [0.2, 0.25) is 11.9 Å². The first kappa shape index (κ1) is 18.1. The fourth-order valence-electron chi connectivity index (χ4n) is 3.33. The van der Waals surface area contributed by atoms with Crippen molar-refractivity contribution >= 4 is 23.2 Å². The van der Waals surface area contributed by atoms with Crippen LogP contribution in [0.4, 0.5) is 16.0 Å². The number of anilines is 2. The van der Waals surface area contributed by atoms with Crippen LogP contribution < -0.4 is 11.0 Å². The molecule has 1 saturated heterocycles. The smallest absolute Gasteiger partial charge is 0.341 e. The first-order valence-corrected chi connectivity index (χ1v) is 9.20. The summed E-state index contributed by atoms with van der Waals surface area (Å²) in [5, 5.41) is 7.27. The molecule has 0 spiro atoms. The highest BCUT2D eigenvalue weighted by Crippen LogP contribution is 2.18. The van der Waals surface area contributed by atoms with E-state index < -0.39 is 5.69 Å². The number of rotatable bonds is 4. The van der Waals surface area contributed by atoms with E-state index in [1.54, 1.807) is 36.9 Å². The summed E-state index contributed by atoms with van der Waals surface area (Å²) in [5.41, 5.74) is 1.55. The van der Waals surface area contributed by atoms with Crippen molar-refractivity contribution < 1.29 is 9.18 Å². The van der Waals surface area contributed by atoms with Gasteiger partial charge in [0.15, 0.2) is 5.65 Å². The Kier molecular flexibility index (Phi) is 4.58. The van der Waals surface area contributed by atoms with Gasteiger partial charge in [0.25, 0.3) is 0 Å². The normalized spacial score (nSPS) is 14.0. The van der Waals surface area contributed by atoms with Gasteiger partial charge in [-0.25, -0.2) is 23.3 Å². The molecule has 1 aliphatic heterocycles. The lowest BCUT2D eigenvalue weighted by Gasteiger charge is -2.14. The quantitative estimate of drug-likeness (QED) is 0.744. The molecule has 1 amide bonds. The van der Waals surface area contributed by atoms with Crippen LogP contribution in [0.5, 0.6) is 0 Å². The summed E-state index contributed by atoms with van der Waals surface area (Å²) in [6, 6.07) is 6.36. The van der Waals surface area contributed by atoms with Crippen LogP contribution >= 0.6 is 0 Å². The zero-order chi connectivity index (χ0) is 19.8. The second-order valence-electron chi connectivity index (χ2n) is 7.03. The van der Waals surface area contributed by atoms with Crippen molar-refractivity contribution in [3.63, 3.8) is 0 Å². The van der Waals surface area contributed by atoms with Gasteiger partial charge in [0, 0.05) is 30.5 Å². The van der Waals surface area contributed by atoms with Crippen molar-refractivity contribution in [1.82, 2.24) is 24.1 Å². The summed E-state index contributed by atoms with van der Waals surface area (Å²) in [7, 11) is 0. The summed E-state index contributed by atoms with van der Waals surface area (Å²) in [6.07, 6.45) is 1.96. The molecule has 3 heterocycles. The number of fused-ring (bicyclic) bond motifs is 1. The van der Waals surface area contributed by atoms with Crippen LogP contribution in [0.25, 0.3) is 5.65 Å². The SMILES string of the molecule is Cc1cc2nn(CC(=O)N3CCCC3)c(=O)n2c(Nc2ccc(C)c(F)c2)n1. The molecule has 1 aliphatic rings. The molecular weight excluding hydrogens is 363 g/mol. The zero-order valence-electron chi connectivity index (χ0n) is 15.8. The molecule has 0 radical (unpaired) electrons. The van der Waals surface area contributed by atoms with Gasteiger partial charge in [-0.1, -0.05) is 6.07 Å². The van der Waals surface area contributed by atoms with E-state index in [1.807, 2.05) is 0 Å². The molecule has 0 bridgehead atoms. The highest BCUT2D eigenvalue weighted by atomic mass is 19.1. The van der Waals surface area contributed by atoms with E-state index in [4.69, 9.17) is 0 Å². The van der Waals surface area contributed by atoms with Crippen molar-refractivity contribution in [2.75, 3.05) is 18.4 Å². The van der Waals surface area contributed by atoms with Crippen molar-refractivity contribution in [1.29, 1.82) is 0 Å². The molecule has 0 saturated carbocycles. The summed E-state index contributed by atoms with van der Waals surface area (Å²) >= 11 is 0. The number of hydrogen-bond donors (Lipinski definition) is 1. The molecule has 28 heavy (non-hydrogen) atoms. The van der Waals surface area contributed by atoms with Crippen molar-refractivity contribution in [2.24, 2.45) is 0 Å². The summed E-state index contributed by atoms with van der Waals surface area (Å²) < 4.78 is 16.3. The Hall–Kier alpha value is -3.23. The molecule has 1 aromatic carbocycles. The minimum Gasteiger partial charge on any atom is -0.341 e. The van der Waals surface area contributed by atoms with Crippen LogP contribution in [0.3, 0.4) is 0 Å². The number of carbonyl (C=O) groups is 1. The molecule has 1 N–H and O–H groups in total. The lowest BCUT2D eigenvalue weighted by molar-refractivity contribution is -0.131. The molecule has 0 aliphatic carbocycles. The Labute approximate surface area is 160 Å². The second-order valence-corrected chi connectivity index (χ2v) is 7.03. The number of amides is 1. The number of aromatic nitrogens is 4. The maximum absolute atomic E-state index is 13.9. The van der Waals surface area contributed by atoms with Gasteiger partial charge in [-0.15, -0.1) is 5.10 Å². The van der Waals surface area contributed by atoms with E-state index in [0.29, 0.717) is 35.7 Å². The topological polar surface area (TPSA) is 84.5 Å². The molecule has 4 rings (SSSR count). The maximum atomic E-state index is 13.9. The van der Waals surface area contributed by atoms with Gasteiger partial charge in [-0.3, -0.25) is 4.79 Å². The van der Waals surface area contributed by atoms with Gasteiger partial charge in [-0.2, -0.15) is 0 Å². The van der Waals surface area contributed by atoms with E-state index in [0.717, 1.165) is 17.5 Å². The number of hydrogen-bond acceptors (Lipinski definition) is 5. The third kappa shape index (κ3) is 3.35. The first-order chi connectivity index (χ1) is 13.4. The maximum Gasteiger partial charge on any atom is 0.353 e. The Balaban J connectivity index is 1.70. The van der Waals surface area contributed by atoms with Crippen LogP contribution in [0.1, 0.15) is 24.1 Å². The minimum absolute atomic E-state index is 0.113. The predicted molar refractivity (Wildman–Crippen MR) is 102 cm³/mol. The fraction of sp³-hybridized carbons (Fsp3) is 0.368. The van der Waals surface area contributed by atoms with Crippen LogP contribution in [0.2, 0.25) is 0 Å². The minimum atomic E-state index is -0.467. The third-order valence-electron chi connectivity index (χ3n) is 4.87. The number of likely N-dealkylation sites (tertiary alicyclic amines) is 1. The summed E-state index contributed by atoms with van der Waals surface area (Å²) in [5.74, 6) is -0.251. The van der Waals surface area contributed by atoms with Gasteiger partial charge in [0.05, 0.1) is 0 Å². The summed E-state index contributed by atoms with van der Waals surface area (Å²) in [4.78, 5) is 31.4. The van der Waals surface area contributed by atoms with Crippen molar-refractivity contribution in [2.45, 2.75) is 33.2 Å². The van der Waals surface area contributed by atoms with Crippen LogP contribution in [-0.2, 0) is 11.3 Å². The molecule has 9 heteroatoms. The molecule has 0 unspecified atom stereocenters. The Bertz CT molecular complexity index is 1110. The van der Waals surface area contributed by atoms with Crippen molar-refractivity contribution in [3.8, 4) is 0 Å². The fourth-order valence-corrected chi connectivity index (χ4v) is 3.33. The molecule has 2 aromatic heterocycles. The zero-order valence-corrected chi connectivity index (χ0v) is 15.8. The number of benzene rings is 1. The largest absolute Gasteiger partial charge is 0.353 e. The van der Waals surface area contributed by atoms with E-state index in [-0.39, 0.29) is 24.2 Å². The Morgan fingerprint density at radius 3 is 2.68 bits per heavy atom. The number of aryl methyl sites for hydroxylation is 2. The van der Waals surface area contributed by atoms with Gasteiger partial charge in [-0.05, 0) is 44.4 Å². The molecule has 0 atom stereocenters. The highest BCUT2D eigenvalue weighted by molar-refractivity contribution is 5.76. The average Bonchev–Trinajstić information content (AvgIpc) is 3.27. The third-order valence-corrected chi connectivity index (χ3v) is 4.87. The molecule has 3 aromatic rings. The number of carbonyl (C=O) groups excluding carboxylic acids is 1. The van der Waals surface area contributed by atoms with Crippen LogP contribution in [-0.4, -0.2) is 43.1 Å². The van der Waals surface area contributed by atoms with E-state index in [2.05, 4.69) is 15.4 Å². The molecule has 8 nitrogen and oxygen atoms in total. The molecular formula is C19H21FN6O2. The van der Waals surface area contributed by atoms with Gasteiger partial charge in [0.1, 0.15) is 12.4 Å². The van der Waals surface area contributed by atoms with Crippen molar-refractivity contribution in [3.05, 3.63) is 51.8 Å². The van der Waals surface area contributed by atoms with E-state index in [1.165, 1.54) is 10.5 Å². The number of halogens is 1. The number of nitrogens with zero attached hydrogens (tertiary/aromatic N) is 5. The van der Waals surface area contributed by atoms with Gasteiger partial charge < -0.3 is 10.2 Å². The first-order valence-electron chi connectivity index (χ1n) is 9.20. The lowest BCUT2D eigenvalue weighted by Crippen LogP contribution is -2.35. The second kappa shape index (κ2) is 7.06. The highest BCUT2D eigenvalue weighted by Gasteiger charge is 2.21. The monoisotopic (exact) mass is 384 g/mol. The lowest BCUT2D eigenvalue weighted by atomic mass is 10.2. The van der Waals surface area contributed by atoms with Crippen LogP contribution in [0.15, 0.2) is 29.1 Å². The summed E-state index contributed by atoms with van der Waals surface area (Å²) in [6.45, 7) is 4.77. The number of nitrogens with one attached hydrogen (secondary N) is 1. The molecule has 1 fully saturated rings.